The van der Waals surface area contributed by atoms with E-state index in [4.69, 9.17) is 4.74 Å². The Labute approximate surface area is 165 Å². The number of carbonyl (C=O) groups excluding carboxylic acids is 1. The van der Waals surface area contributed by atoms with Crippen LogP contribution in [0, 0.1) is 13.8 Å². The van der Waals surface area contributed by atoms with E-state index in [2.05, 4.69) is 20.6 Å². The van der Waals surface area contributed by atoms with Crippen LogP contribution in [0.1, 0.15) is 24.2 Å². The molecule has 0 aliphatic heterocycles. The van der Waals surface area contributed by atoms with Crippen molar-refractivity contribution in [2.75, 3.05) is 17.2 Å². The largest absolute Gasteiger partial charge is 0.494 e. The maximum Gasteiger partial charge on any atom is 0.227 e. The molecule has 3 rings (SSSR count). The van der Waals surface area contributed by atoms with Crippen LogP contribution in [-0.2, 0) is 4.79 Å². The van der Waals surface area contributed by atoms with Crippen molar-refractivity contribution in [1.82, 2.24) is 9.97 Å². The summed E-state index contributed by atoms with van der Waals surface area (Å²) in [6.07, 6.45) is 1.06. The summed E-state index contributed by atoms with van der Waals surface area (Å²) in [5, 5.41) is 6.07. The van der Waals surface area contributed by atoms with E-state index in [1.165, 1.54) is 0 Å². The molecule has 0 aliphatic rings. The standard InChI is InChI=1S/C22H24N4O2/c1-16-15-17(2)24-22(23-16)26-19-12-10-18(11-13-19)25-21(27)9-6-14-28-20-7-4-3-5-8-20/h3-5,7-8,10-13,15H,6,9,14H2,1-2H3,(H,25,27)(H,23,24,26). The minimum Gasteiger partial charge on any atom is -0.494 e. The van der Waals surface area contributed by atoms with Gasteiger partial charge in [0.05, 0.1) is 6.61 Å². The Bertz CT molecular complexity index is 891. The van der Waals surface area contributed by atoms with Gasteiger partial charge in [0.15, 0.2) is 0 Å². The number of benzene rings is 2. The fraction of sp³-hybridized carbons (Fsp3) is 0.227. The van der Waals surface area contributed by atoms with E-state index in [-0.39, 0.29) is 5.91 Å². The number of aromatic nitrogens is 2. The quantitative estimate of drug-likeness (QED) is 0.560. The predicted octanol–water partition coefficient (Wildman–Crippen LogP) is 4.63. The summed E-state index contributed by atoms with van der Waals surface area (Å²) in [5.41, 5.74) is 3.44. The fourth-order valence-electron chi connectivity index (χ4n) is 2.71. The highest BCUT2D eigenvalue weighted by Crippen LogP contribution is 2.17. The number of anilines is 3. The van der Waals surface area contributed by atoms with E-state index in [1.807, 2.05) is 74.5 Å². The predicted molar refractivity (Wildman–Crippen MR) is 111 cm³/mol. The molecule has 1 aromatic heterocycles. The van der Waals surface area contributed by atoms with Crippen LogP contribution in [0.2, 0.25) is 0 Å². The number of hydrogen-bond donors (Lipinski definition) is 2. The van der Waals surface area contributed by atoms with Crippen molar-refractivity contribution in [2.45, 2.75) is 26.7 Å². The summed E-state index contributed by atoms with van der Waals surface area (Å²) in [4.78, 5) is 20.8. The Morgan fingerprint density at radius 2 is 1.57 bits per heavy atom. The maximum absolute atomic E-state index is 12.1. The highest BCUT2D eigenvalue weighted by Gasteiger charge is 2.04. The van der Waals surface area contributed by atoms with Crippen molar-refractivity contribution in [1.29, 1.82) is 0 Å². The fourth-order valence-corrected chi connectivity index (χ4v) is 2.71. The lowest BCUT2D eigenvalue weighted by molar-refractivity contribution is -0.116. The molecule has 6 heteroatoms. The number of rotatable bonds is 8. The van der Waals surface area contributed by atoms with E-state index in [0.717, 1.165) is 28.5 Å². The number of aryl methyl sites for hydroxylation is 2. The second kappa shape index (κ2) is 9.50. The van der Waals surface area contributed by atoms with Gasteiger partial charge < -0.3 is 15.4 Å². The minimum atomic E-state index is -0.0324. The number of amides is 1. The first-order chi connectivity index (χ1) is 13.6. The van der Waals surface area contributed by atoms with Gasteiger partial charge in [-0.1, -0.05) is 18.2 Å². The molecule has 6 nitrogen and oxygen atoms in total. The van der Waals surface area contributed by atoms with Gasteiger partial charge in [-0.2, -0.15) is 0 Å². The Morgan fingerprint density at radius 1 is 0.929 bits per heavy atom. The minimum absolute atomic E-state index is 0.0324. The topological polar surface area (TPSA) is 76.1 Å². The summed E-state index contributed by atoms with van der Waals surface area (Å²) < 4.78 is 5.60. The smallest absolute Gasteiger partial charge is 0.227 e. The van der Waals surface area contributed by atoms with Crippen LogP contribution in [0.3, 0.4) is 0 Å². The molecule has 3 aromatic rings. The highest BCUT2D eigenvalue weighted by atomic mass is 16.5. The Morgan fingerprint density at radius 3 is 2.25 bits per heavy atom. The SMILES string of the molecule is Cc1cc(C)nc(Nc2ccc(NC(=O)CCCOc3ccccc3)cc2)n1. The molecule has 2 N–H and O–H groups in total. The van der Waals surface area contributed by atoms with Gasteiger partial charge in [-0.05, 0) is 62.7 Å². The molecule has 1 heterocycles. The molecule has 0 unspecified atom stereocenters. The normalized spacial score (nSPS) is 10.4. The maximum atomic E-state index is 12.1. The van der Waals surface area contributed by atoms with E-state index in [0.29, 0.717) is 25.4 Å². The first kappa shape index (κ1) is 19.4. The van der Waals surface area contributed by atoms with Crippen molar-refractivity contribution in [2.24, 2.45) is 0 Å². The van der Waals surface area contributed by atoms with Gasteiger partial charge in [-0.25, -0.2) is 9.97 Å². The van der Waals surface area contributed by atoms with Gasteiger partial charge in [0.1, 0.15) is 5.75 Å². The lowest BCUT2D eigenvalue weighted by Crippen LogP contribution is -2.12. The molecule has 0 fully saturated rings. The summed E-state index contributed by atoms with van der Waals surface area (Å²) in [6, 6.07) is 19.0. The number of ether oxygens (including phenoxy) is 1. The molecule has 1 amide bonds. The third-order valence-corrected chi connectivity index (χ3v) is 3.97. The van der Waals surface area contributed by atoms with Crippen LogP contribution in [0.15, 0.2) is 60.7 Å². The van der Waals surface area contributed by atoms with Gasteiger partial charge in [-0.3, -0.25) is 4.79 Å². The van der Waals surface area contributed by atoms with Crippen LogP contribution >= 0.6 is 0 Å². The van der Waals surface area contributed by atoms with Crippen molar-refractivity contribution in [3.63, 3.8) is 0 Å². The zero-order valence-corrected chi connectivity index (χ0v) is 16.1. The lowest BCUT2D eigenvalue weighted by Gasteiger charge is -2.09. The average molecular weight is 376 g/mol. The first-order valence-corrected chi connectivity index (χ1v) is 9.25. The third kappa shape index (κ3) is 6.09. The van der Waals surface area contributed by atoms with E-state index in [1.54, 1.807) is 0 Å². The van der Waals surface area contributed by atoms with Crippen LogP contribution in [0.5, 0.6) is 5.75 Å². The van der Waals surface area contributed by atoms with E-state index in [9.17, 15) is 4.79 Å². The van der Waals surface area contributed by atoms with Crippen molar-refractivity contribution in [3.05, 3.63) is 72.1 Å². The molecule has 0 aliphatic carbocycles. The molecule has 28 heavy (non-hydrogen) atoms. The Balaban J connectivity index is 1.43. The monoisotopic (exact) mass is 376 g/mol. The molecule has 0 spiro atoms. The molecule has 0 atom stereocenters. The lowest BCUT2D eigenvalue weighted by atomic mass is 10.2. The molecular formula is C22H24N4O2. The van der Waals surface area contributed by atoms with Gasteiger partial charge in [0.25, 0.3) is 0 Å². The van der Waals surface area contributed by atoms with Crippen LogP contribution in [-0.4, -0.2) is 22.5 Å². The Kier molecular flexibility index (Phi) is 6.57. The third-order valence-electron chi connectivity index (χ3n) is 3.97. The van der Waals surface area contributed by atoms with Gasteiger partial charge in [-0.15, -0.1) is 0 Å². The van der Waals surface area contributed by atoms with Gasteiger partial charge in [0.2, 0.25) is 11.9 Å². The zero-order chi connectivity index (χ0) is 19.8. The molecule has 0 saturated heterocycles. The number of para-hydroxylation sites is 1. The summed E-state index contributed by atoms with van der Waals surface area (Å²) >= 11 is 0. The summed E-state index contributed by atoms with van der Waals surface area (Å²) in [6.45, 7) is 4.38. The number of nitrogens with one attached hydrogen (secondary N) is 2. The van der Waals surface area contributed by atoms with Gasteiger partial charge in [0, 0.05) is 29.2 Å². The summed E-state index contributed by atoms with van der Waals surface area (Å²) in [7, 11) is 0. The van der Waals surface area contributed by atoms with Crippen LogP contribution in [0.25, 0.3) is 0 Å². The zero-order valence-electron chi connectivity index (χ0n) is 16.1. The molecule has 0 bridgehead atoms. The van der Waals surface area contributed by atoms with Crippen LogP contribution in [0.4, 0.5) is 17.3 Å². The molecule has 0 saturated carbocycles. The number of nitrogens with zero attached hydrogens (tertiary/aromatic N) is 2. The van der Waals surface area contributed by atoms with Crippen LogP contribution < -0.4 is 15.4 Å². The second-order valence-corrected chi connectivity index (χ2v) is 6.49. The van der Waals surface area contributed by atoms with Crippen molar-refractivity contribution in [3.8, 4) is 5.75 Å². The summed E-state index contributed by atoms with van der Waals surface area (Å²) in [5.74, 6) is 1.35. The van der Waals surface area contributed by atoms with E-state index < -0.39 is 0 Å². The Hall–Kier alpha value is -3.41. The van der Waals surface area contributed by atoms with Crippen molar-refractivity contribution < 1.29 is 9.53 Å². The van der Waals surface area contributed by atoms with E-state index >= 15 is 0 Å². The molecule has 2 aromatic carbocycles. The molecule has 0 radical (unpaired) electrons. The van der Waals surface area contributed by atoms with Crippen molar-refractivity contribution >= 4 is 23.2 Å². The average Bonchev–Trinajstić information content (AvgIpc) is 2.67. The number of carbonyl (C=O) groups is 1. The number of hydrogen-bond acceptors (Lipinski definition) is 5. The molecular weight excluding hydrogens is 352 g/mol. The molecule has 144 valence electrons. The first-order valence-electron chi connectivity index (χ1n) is 9.25. The second-order valence-electron chi connectivity index (χ2n) is 6.49. The van der Waals surface area contributed by atoms with Gasteiger partial charge >= 0.3 is 0 Å². The highest BCUT2D eigenvalue weighted by molar-refractivity contribution is 5.90.